The first kappa shape index (κ1) is 19.2. The maximum Gasteiger partial charge on any atom is 0.356 e. The molecule has 0 aliphatic carbocycles. The number of hydrogen-bond donors (Lipinski definition) is 2. The summed E-state index contributed by atoms with van der Waals surface area (Å²) in [6.07, 6.45) is 0. The topological polar surface area (TPSA) is 87.7 Å². The minimum absolute atomic E-state index is 0.00356. The summed E-state index contributed by atoms with van der Waals surface area (Å²) in [5.41, 5.74) is 5.83. The van der Waals surface area contributed by atoms with Gasteiger partial charge < -0.3 is 10.2 Å². The van der Waals surface area contributed by atoms with Crippen molar-refractivity contribution in [2.45, 2.75) is 19.4 Å². The first-order valence-corrected chi connectivity index (χ1v) is 9.44. The van der Waals surface area contributed by atoms with Crippen molar-refractivity contribution < 1.29 is 19.1 Å². The van der Waals surface area contributed by atoms with Crippen LogP contribution < -0.4 is 15.8 Å². The zero-order chi connectivity index (χ0) is 20.8. The monoisotopic (exact) mass is 411 g/mol. The van der Waals surface area contributed by atoms with Crippen molar-refractivity contribution in [3.63, 3.8) is 0 Å². The van der Waals surface area contributed by atoms with Gasteiger partial charge in [-0.25, -0.2) is 15.1 Å². The summed E-state index contributed by atoms with van der Waals surface area (Å²) in [5, 5.41) is 0.486. The Balaban J connectivity index is 1.92. The van der Waals surface area contributed by atoms with Gasteiger partial charge in [-0.05, 0) is 43.7 Å². The number of carbonyl (C=O) groups is 3. The highest BCUT2D eigenvalue weighted by Gasteiger charge is 2.62. The second-order valence-corrected chi connectivity index (χ2v) is 7.20. The van der Waals surface area contributed by atoms with E-state index < -0.39 is 23.3 Å². The molecule has 148 valence electrons. The lowest BCUT2D eigenvalue weighted by Gasteiger charge is -2.25. The second-order valence-electron chi connectivity index (χ2n) is 6.76. The van der Waals surface area contributed by atoms with Gasteiger partial charge in [-0.1, -0.05) is 41.4 Å². The molecule has 0 bridgehead atoms. The van der Waals surface area contributed by atoms with E-state index in [1.807, 2.05) is 19.1 Å². The molecule has 8 heteroatoms. The van der Waals surface area contributed by atoms with Gasteiger partial charge in [0.1, 0.15) is 5.70 Å². The molecule has 1 atom stereocenters. The van der Waals surface area contributed by atoms with Crippen LogP contribution in [0.4, 0.5) is 5.69 Å². The molecule has 0 spiro atoms. The number of rotatable bonds is 4. The average molecular weight is 412 g/mol. The highest BCUT2D eigenvalue weighted by Crippen LogP contribution is 2.44. The Kier molecular flexibility index (Phi) is 4.64. The van der Waals surface area contributed by atoms with Gasteiger partial charge in [0, 0.05) is 5.02 Å². The smallest absolute Gasteiger partial charge is 0.356 e. The summed E-state index contributed by atoms with van der Waals surface area (Å²) in [4.78, 5) is 40.5. The molecule has 2 aliphatic rings. The van der Waals surface area contributed by atoms with Gasteiger partial charge in [0.25, 0.3) is 11.8 Å². The third-order valence-electron chi connectivity index (χ3n) is 4.99. The number of hydrogen-bond acceptors (Lipinski definition) is 6. The van der Waals surface area contributed by atoms with E-state index in [9.17, 15) is 14.4 Å². The maximum atomic E-state index is 13.6. The molecule has 0 unspecified atom stereocenters. The van der Waals surface area contributed by atoms with Crippen LogP contribution in [0.25, 0.3) is 0 Å². The lowest BCUT2D eigenvalue weighted by atomic mass is 9.85. The zero-order valence-corrected chi connectivity index (χ0v) is 16.5. The van der Waals surface area contributed by atoms with Crippen molar-refractivity contribution >= 4 is 35.1 Å². The SMILES string of the molecule is CCOC(=O)C1=C2C(=O)N(c3ccc(C)cc3)C(=O)[C@]2(c2ccc(Cl)cc2)NN1. The largest absolute Gasteiger partial charge is 0.461 e. The number of benzene rings is 2. The number of nitrogens with one attached hydrogen (secondary N) is 2. The van der Waals surface area contributed by atoms with Crippen molar-refractivity contribution in [1.29, 1.82) is 0 Å². The van der Waals surface area contributed by atoms with Gasteiger partial charge in [-0.2, -0.15) is 0 Å². The van der Waals surface area contributed by atoms with Crippen molar-refractivity contribution in [2.24, 2.45) is 0 Å². The standard InChI is InChI=1S/C21H18ClN3O4/c1-3-29-19(27)17-16-18(26)25(15-10-4-12(2)5-11-15)20(28)21(16,24-23-17)13-6-8-14(22)9-7-13/h4-11,23-24H,3H2,1-2H3/t21-/m1/s1. The molecule has 0 aromatic heterocycles. The minimum Gasteiger partial charge on any atom is -0.461 e. The molecule has 0 radical (unpaired) electrons. The molecule has 4 rings (SSSR count). The number of carbonyl (C=O) groups excluding carboxylic acids is 3. The van der Waals surface area contributed by atoms with Gasteiger partial charge in [-0.3, -0.25) is 9.59 Å². The Bertz CT molecular complexity index is 1050. The fourth-order valence-corrected chi connectivity index (χ4v) is 3.72. The number of anilines is 1. The van der Waals surface area contributed by atoms with Gasteiger partial charge in [0.15, 0.2) is 5.54 Å². The van der Waals surface area contributed by atoms with Crippen molar-refractivity contribution in [2.75, 3.05) is 11.5 Å². The first-order chi connectivity index (χ1) is 13.9. The van der Waals surface area contributed by atoms with Crippen LogP contribution >= 0.6 is 11.6 Å². The molecule has 1 saturated heterocycles. The predicted molar refractivity (Wildman–Crippen MR) is 107 cm³/mol. The number of fused-ring (bicyclic) bond motifs is 1. The molecular weight excluding hydrogens is 394 g/mol. The summed E-state index contributed by atoms with van der Waals surface area (Å²) in [6.45, 7) is 3.71. The molecule has 2 heterocycles. The van der Waals surface area contributed by atoms with Crippen LogP contribution in [0.5, 0.6) is 0 Å². The van der Waals surface area contributed by atoms with E-state index in [0.29, 0.717) is 16.3 Å². The molecule has 2 aromatic rings. The molecule has 2 aromatic carbocycles. The summed E-state index contributed by atoms with van der Waals surface area (Å²) in [7, 11) is 0. The highest BCUT2D eigenvalue weighted by atomic mass is 35.5. The van der Waals surface area contributed by atoms with Gasteiger partial charge in [0.2, 0.25) is 0 Å². The van der Waals surface area contributed by atoms with Crippen LogP contribution in [-0.2, 0) is 24.7 Å². The molecule has 7 nitrogen and oxygen atoms in total. The van der Waals surface area contributed by atoms with Crippen LogP contribution in [0.3, 0.4) is 0 Å². The maximum absolute atomic E-state index is 13.6. The Morgan fingerprint density at radius 2 is 1.76 bits per heavy atom. The highest BCUT2D eigenvalue weighted by molar-refractivity contribution is 6.35. The van der Waals surface area contributed by atoms with Crippen molar-refractivity contribution in [3.8, 4) is 0 Å². The van der Waals surface area contributed by atoms with E-state index in [1.165, 1.54) is 0 Å². The third kappa shape index (κ3) is 2.82. The van der Waals surface area contributed by atoms with E-state index >= 15 is 0 Å². The van der Waals surface area contributed by atoms with Gasteiger partial charge in [-0.15, -0.1) is 0 Å². The van der Waals surface area contributed by atoms with Crippen LogP contribution in [0, 0.1) is 6.92 Å². The van der Waals surface area contributed by atoms with Gasteiger partial charge >= 0.3 is 5.97 Å². The first-order valence-electron chi connectivity index (χ1n) is 9.06. The van der Waals surface area contributed by atoms with Crippen LogP contribution in [0.2, 0.25) is 5.02 Å². The minimum atomic E-state index is -1.56. The summed E-state index contributed by atoms with van der Waals surface area (Å²) in [5.74, 6) is -1.82. The molecule has 1 fully saturated rings. The Morgan fingerprint density at radius 1 is 1.10 bits per heavy atom. The fourth-order valence-electron chi connectivity index (χ4n) is 3.59. The van der Waals surface area contributed by atoms with E-state index in [2.05, 4.69) is 10.9 Å². The zero-order valence-electron chi connectivity index (χ0n) is 15.8. The normalized spacial score (nSPS) is 20.7. The van der Waals surface area contributed by atoms with Crippen molar-refractivity contribution in [3.05, 3.63) is 76.0 Å². The lowest BCUT2D eigenvalue weighted by molar-refractivity contribution is -0.139. The van der Waals surface area contributed by atoms with Crippen LogP contribution in [0.15, 0.2) is 59.8 Å². The average Bonchev–Trinajstić information content (AvgIpc) is 3.20. The van der Waals surface area contributed by atoms with Crippen molar-refractivity contribution in [1.82, 2.24) is 10.9 Å². The Labute approximate surface area is 172 Å². The number of imide groups is 1. The number of ether oxygens (including phenoxy) is 1. The predicted octanol–water partition coefficient (Wildman–Crippen LogP) is 2.34. The number of halogens is 1. The number of aryl methyl sites for hydroxylation is 1. The molecular formula is C21H18ClN3O4. The number of hydrazine groups is 1. The van der Waals surface area contributed by atoms with E-state index in [0.717, 1.165) is 10.5 Å². The third-order valence-corrected chi connectivity index (χ3v) is 5.24. The molecule has 2 N–H and O–H groups in total. The summed E-state index contributed by atoms with van der Waals surface area (Å²) in [6, 6.07) is 13.6. The van der Waals surface area contributed by atoms with Crippen LogP contribution in [0.1, 0.15) is 18.1 Å². The molecule has 2 amide bonds. The van der Waals surface area contributed by atoms with E-state index in [-0.39, 0.29) is 17.9 Å². The van der Waals surface area contributed by atoms with E-state index in [4.69, 9.17) is 16.3 Å². The fraction of sp³-hybridized carbons (Fsp3) is 0.190. The molecule has 0 saturated carbocycles. The quantitative estimate of drug-likeness (QED) is 0.593. The van der Waals surface area contributed by atoms with E-state index in [1.54, 1.807) is 43.3 Å². The Morgan fingerprint density at radius 3 is 2.38 bits per heavy atom. The number of nitrogens with zero attached hydrogens (tertiary/aromatic N) is 1. The number of esters is 1. The molecule has 29 heavy (non-hydrogen) atoms. The van der Waals surface area contributed by atoms with Crippen LogP contribution in [-0.4, -0.2) is 24.4 Å². The summed E-state index contributed by atoms with van der Waals surface area (Å²) >= 11 is 6.00. The Hall–Kier alpha value is -3.16. The van der Waals surface area contributed by atoms with Gasteiger partial charge in [0.05, 0.1) is 17.9 Å². The second kappa shape index (κ2) is 7.02. The molecule has 2 aliphatic heterocycles. The lowest BCUT2D eigenvalue weighted by Crippen LogP contribution is -2.51. The number of amides is 2. The summed E-state index contributed by atoms with van der Waals surface area (Å²) < 4.78 is 5.07.